The monoisotopic (exact) mass is 303 g/mol. The van der Waals surface area contributed by atoms with Crippen LogP contribution in [0.1, 0.15) is 12.3 Å². The minimum Gasteiger partial charge on any atom is -0.339 e. The highest BCUT2D eigenvalue weighted by atomic mass is 32.1. The van der Waals surface area contributed by atoms with Crippen molar-refractivity contribution in [3.63, 3.8) is 0 Å². The first kappa shape index (κ1) is 15.2. The van der Waals surface area contributed by atoms with E-state index in [9.17, 15) is 4.79 Å². The van der Waals surface area contributed by atoms with Gasteiger partial charge in [-0.05, 0) is 11.4 Å². The fourth-order valence-electron chi connectivity index (χ4n) is 1.82. The highest BCUT2D eigenvalue weighted by Crippen LogP contribution is 2.21. The Morgan fingerprint density at radius 1 is 1.38 bits per heavy atom. The van der Waals surface area contributed by atoms with Gasteiger partial charge < -0.3 is 9.42 Å². The molecule has 0 aromatic carbocycles. The van der Waals surface area contributed by atoms with E-state index in [2.05, 4.69) is 23.3 Å². The van der Waals surface area contributed by atoms with Gasteiger partial charge in [0.05, 0.1) is 4.88 Å². The van der Waals surface area contributed by atoms with Gasteiger partial charge in [-0.15, -0.1) is 24.5 Å². The molecule has 0 unspecified atom stereocenters. The Balaban J connectivity index is 1.91. The molecule has 21 heavy (non-hydrogen) atoms. The summed E-state index contributed by atoms with van der Waals surface area (Å²) in [5, 5.41) is 5.88. The van der Waals surface area contributed by atoms with Crippen molar-refractivity contribution in [1.29, 1.82) is 0 Å². The molecule has 0 bridgehead atoms. The SMILES string of the molecule is C=CCN(CC=C)C(=O)CCc1nc(-c2cccs2)no1. The number of carbonyl (C=O) groups is 1. The Hall–Kier alpha value is -2.21. The first-order valence-electron chi connectivity index (χ1n) is 6.60. The summed E-state index contributed by atoms with van der Waals surface area (Å²) in [5.74, 6) is 1.07. The summed E-state index contributed by atoms with van der Waals surface area (Å²) < 4.78 is 5.17. The van der Waals surface area contributed by atoms with Crippen molar-refractivity contribution >= 4 is 17.2 Å². The number of thiophene rings is 1. The summed E-state index contributed by atoms with van der Waals surface area (Å²) >= 11 is 1.55. The quantitative estimate of drug-likeness (QED) is 0.704. The van der Waals surface area contributed by atoms with Crippen LogP contribution in [-0.4, -0.2) is 34.0 Å². The number of carbonyl (C=O) groups excluding carboxylic acids is 1. The highest BCUT2D eigenvalue weighted by Gasteiger charge is 2.14. The van der Waals surface area contributed by atoms with Gasteiger partial charge in [-0.25, -0.2) is 0 Å². The summed E-state index contributed by atoms with van der Waals surface area (Å²) in [7, 11) is 0. The van der Waals surface area contributed by atoms with E-state index in [0.29, 0.717) is 37.6 Å². The lowest BCUT2D eigenvalue weighted by atomic mass is 10.2. The molecule has 2 aromatic rings. The maximum Gasteiger partial charge on any atom is 0.227 e. The van der Waals surface area contributed by atoms with E-state index in [1.54, 1.807) is 28.4 Å². The normalized spacial score (nSPS) is 10.3. The van der Waals surface area contributed by atoms with Crippen LogP contribution in [0.3, 0.4) is 0 Å². The lowest BCUT2D eigenvalue weighted by Crippen LogP contribution is -2.31. The predicted octanol–water partition coefficient (Wildman–Crippen LogP) is 2.93. The molecule has 0 aliphatic rings. The average molecular weight is 303 g/mol. The molecule has 0 radical (unpaired) electrons. The zero-order valence-electron chi connectivity index (χ0n) is 11.7. The van der Waals surface area contributed by atoms with Crippen LogP contribution in [0.5, 0.6) is 0 Å². The number of aromatic nitrogens is 2. The molecule has 0 N–H and O–H groups in total. The predicted molar refractivity (Wildman–Crippen MR) is 82.9 cm³/mol. The maximum atomic E-state index is 12.1. The molecule has 6 heteroatoms. The fourth-order valence-corrected chi connectivity index (χ4v) is 2.47. The van der Waals surface area contributed by atoms with Gasteiger partial charge >= 0.3 is 0 Å². The van der Waals surface area contributed by atoms with Crippen LogP contribution in [0.2, 0.25) is 0 Å². The number of hydrogen-bond donors (Lipinski definition) is 0. The smallest absolute Gasteiger partial charge is 0.227 e. The van der Waals surface area contributed by atoms with Gasteiger partial charge in [-0.2, -0.15) is 4.98 Å². The summed E-state index contributed by atoms with van der Waals surface area (Å²) in [6, 6.07) is 3.86. The number of amides is 1. The van der Waals surface area contributed by atoms with E-state index < -0.39 is 0 Å². The molecule has 1 amide bonds. The zero-order chi connectivity index (χ0) is 15.1. The molecule has 0 atom stereocenters. The molecule has 2 aromatic heterocycles. The average Bonchev–Trinajstić information content (AvgIpc) is 3.15. The van der Waals surface area contributed by atoms with Crippen molar-refractivity contribution < 1.29 is 9.32 Å². The lowest BCUT2D eigenvalue weighted by Gasteiger charge is -2.18. The third-order valence-electron chi connectivity index (χ3n) is 2.81. The second-order valence-electron chi connectivity index (χ2n) is 4.37. The molecule has 5 nitrogen and oxygen atoms in total. The van der Waals surface area contributed by atoms with Crippen molar-refractivity contribution in [3.05, 3.63) is 48.7 Å². The number of hydrogen-bond acceptors (Lipinski definition) is 5. The van der Waals surface area contributed by atoms with Crippen molar-refractivity contribution in [3.8, 4) is 10.7 Å². The molecule has 0 saturated carbocycles. The minimum absolute atomic E-state index is 0.0191. The van der Waals surface area contributed by atoms with Gasteiger partial charge in [0.15, 0.2) is 0 Å². The molecule has 0 aliphatic heterocycles. The molecule has 110 valence electrons. The Bertz CT molecular complexity index is 594. The first-order valence-corrected chi connectivity index (χ1v) is 7.48. The molecule has 0 fully saturated rings. The van der Waals surface area contributed by atoms with E-state index in [1.165, 1.54) is 0 Å². The number of nitrogens with zero attached hydrogens (tertiary/aromatic N) is 3. The van der Waals surface area contributed by atoms with E-state index >= 15 is 0 Å². The third-order valence-corrected chi connectivity index (χ3v) is 3.68. The summed E-state index contributed by atoms with van der Waals surface area (Å²) in [5.41, 5.74) is 0. The Kier molecular flexibility index (Phi) is 5.45. The zero-order valence-corrected chi connectivity index (χ0v) is 12.5. The van der Waals surface area contributed by atoms with E-state index in [4.69, 9.17) is 4.52 Å². The van der Waals surface area contributed by atoms with E-state index in [1.807, 2.05) is 17.5 Å². The maximum absolute atomic E-state index is 12.1. The van der Waals surface area contributed by atoms with Crippen molar-refractivity contribution in [2.75, 3.05) is 13.1 Å². The van der Waals surface area contributed by atoms with Gasteiger partial charge in [-0.1, -0.05) is 23.4 Å². The third kappa shape index (κ3) is 4.13. The number of rotatable bonds is 8. The lowest BCUT2D eigenvalue weighted by molar-refractivity contribution is -0.130. The Labute approximate surface area is 127 Å². The Morgan fingerprint density at radius 2 is 2.14 bits per heavy atom. The number of aryl methyl sites for hydroxylation is 1. The second kappa shape index (κ2) is 7.54. The van der Waals surface area contributed by atoms with Crippen LogP contribution >= 0.6 is 11.3 Å². The van der Waals surface area contributed by atoms with Gasteiger partial charge in [0.1, 0.15) is 0 Å². The molecule has 0 aliphatic carbocycles. The van der Waals surface area contributed by atoms with Crippen molar-refractivity contribution in [1.82, 2.24) is 15.0 Å². The van der Waals surface area contributed by atoms with Crippen molar-refractivity contribution in [2.24, 2.45) is 0 Å². The van der Waals surface area contributed by atoms with Gasteiger partial charge in [0, 0.05) is 25.9 Å². The van der Waals surface area contributed by atoms with E-state index in [-0.39, 0.29) is 5.91 Å². The van der Waals surface area contributed by atoms with Crippen LogP contribution in [0.25, 0.3) is 10.7 Å². The Morgan fingerprint density at radius 3 is 2.76 bits per heavy atom. The molecular formula is C15H17N3O2S. The second-order valence-corrected chi connectivity index (χ2v) is 5.31. The molecule has 0 spiro atoms. The summed E-state index contributed by atoms with van der Waals surface area (Å²) in [4.78, 5) is 19.0. The van der Waals surface area contributed by atoms with Gasteiger partial charge in [0.2, 0.25) is 17.6 Å². The standard InChI is InChI=1S/C15H17N3O2S/c1-3-9-18(10-4-2)14(19)8-7-13-16-15(17-20-13)12-6-5-11-21-12/h3-6,11H,1-2,7-10H2. The molecule has 0 saturated heterocycles. The van der Waals surface area contributed by atoms with Crippen LogP contribution in [0.15, 0.2) is 47.3 Å². The minimum atomic E-state index is 0.0191. The van der Waals surface area contributed by atoms with Crippen LogP contribution in [0.4, 0.5) is 0 Å². The van der Waals surface area contributed by atoms with Crippen LogP contribution in [-0.2, 0) is 11.2 Å². The van der Waals surface area contributed by atoms with Gasteiger partial charge in [0.25, 0.3) is 0 Å². The van der Waals surface area contributed by atoms with E-state index in [0.717, 1.165) is 4.88 Å². The highest BCUT2D eigenvalue weighted by molar-refractivity contribution is 7.13. The fraction of sp³-hybridized carbons (Fsp3) is 0.267. The molecule has 2 rings (SSSR count). The van der Waals surface area contributed by atoms with Crippen molar-refractivity contribution in [2.45, 2.75) is 12.8 Å². The summed E-state index contributed by atoms with van der Waals surface area (Å²) in [6.45, 7) is 8.31. The molecule has 2 heterocycles. The summed E-state index contributed by atoms with van der Waals surface area (Å²) in [6.07, 6.45) is 4.15. The van der Waals surface area contributed by atoms with Crippen LogP contribution < -0.4 is 0 Å². The van der Waals surface area contributed by atoms with Crippen LogP contribution in [0, 0.1) is 0 Å². The largest absolute Gasteiger partial charge is 0.339 e. The topological polar surface area (TPSA) is 59.2 Å². The van der Waals surface area contributed by atoms with Gasteiger partial charge in [-0.3, -0.25) is 4.79 Å². The first-order chi connectivity index (χ1) is 10.2. The molecular weight excluding hydrogens is 286 g/mol.